The van der Waals surface area contributed by atoms with E-state index in [1.165, 1.54) is 19.3 Å². The smallest absolute Gasteiger partial charge is 0.133 e. The Labute approximate surface area is 121 Å². The summed E-state index contributed by atoms with van der Waals surface area (Å²) in [5.41, 5.74) is 1.01. The van der Waals surface area contributed by atoms with Crippen LogP contribution in [0.3, 0.4) is 0 Å². The van der Waals surface area contributed by atoms with Crippen molar-refractivity contribution in [1.29, 1.82) is 0 Å². The number of anilines is 1. The zero-order chi connectivity index (χ0) is 13.8. The van der Waals surface area contributed by atoms with Gasteiger partial charge in [0.05, 0.1) is 5.38 Å². The molecule has 0 amide bonds. The Balaban J connectivity index is 2.13. The maximum atomic E-state index is 6.47. The molecule has 0 saturated heterocycles. The topological polar surface area (TPSA) is 37.8 Å². The van der Waals surface area contributed by atoms with E-state index in [-0.39, 0.29) is 5.38 Å². The zero-order valence-electron chi connectivity index (χ0n) is 12.1. The molecule has 0 aliphatic heterocycles. The number of halogens is 1. The lowest BCUT2D eigenvalue weighted by molar-refractivity contribution is 0.622. The van der Waals surface area contributed by atoms with Crippen molar-refractivity contribution in [3.8, 4) is 0 Å². The molecule has 0 aromatic carbocycles. The van der Waals surface area contributed by atoms with Gasteiger partial charge >= 0.3 is 0 Å². The van der Waals surface area contributed by atoms with Gasteiger partial charge in [-0.2, -0.15) is 0 Å². The molecule has 19 heavy (non-hydrogen) atoms. The standard InChI is InChI=1S/C15H24ClN3/c1-10(2)15-17-11(3)9-14(19-15)18-13-8-6-4-5-7-12(13)16/h9-10,12-13H,4-8H2,1-3H3,(H,17,18,19). The molecule has 3 nitrogen and oxygen atoms in total. The van der Waals surface area contributed by atoms with Crippen molar-refractivity contribution in [2.75, 3.05) is 5.32 Å². The molecule has 0 bridgehead atoms. The summed E-state index contributed by atoms with van der Waals surface area (Å²) in [5.74, 6) is 2.18. The van der Waals surface area contributed by atoms with Crippen LogP contribution in [0.15, 0.2) is 6.07 Å². The average molecular weight is 282 g/mol. The normalized spacial score (nSPS) is 24.3. The second kappa shape index (κ2) is 6.56. The molecular formula is C15H24ClN3. The monoisotopic (exact) mass is 281 g/mol. The molecule has 1 aromatic heterocycles. The van der Waals surface area contributed by atoms with Gasteiger partial charge in [0.2, 0.25) is 0 Å². The Kier molecular flexibility index (Phi) is 5.03. The van der Waals surface area contributed by atoms with E-state index in [1.54, 1.807) is 0 Å². The highest BCUT2D eigenvalue weighted by atomic mass is 35.5. The molecule has 1 aliphatic rings. The molecule has 1 saturated carbocycles. The summed E-state index contributed by atoms with van der Waals surface area (Å²) in [6.07, 6.45) is 6.02. The first-order valence-electron chi connectivity index (χ1n) is 7.32. The molecule has 2 atom stereocenters. The van der Waals surface area contributed by atoms with Crippen molar-refractivity contribution in [3.63, 3.8) is 0 Å². The second-order valence-electron chi connectivity index (χ2n) is 5.81. The largest absolute Gasteiger partial charge is 0.366 e. The minimum atomic E-state index is 0.209. The van der Waals surface area contributed by atoms with Gasteiger partial charge in [-0.25, -0.2) is 9.97 Å². The third-order valence-corrected chi connectivity index (χ3v) is 4.18. The van der Waals surface area contributed by atoms with Crippen LogP contribution in [-0.4, -0.2) is 21.4 Å². The number of hydrogen-bond acceptors (Lipinski definition) is 3. The summed E-state index contributed by atoms with van der Waals surface area (Å²) in [7, 11) is 0. The minimum Gasteiger partial charge on any atom is -0.366 e. The summed E-state index contributed by atoms with van der Waals surface area (Å²) in [4.78, 5) is 9.09. The number of nitrogens with zero attached hydrogens (tertiary/aromatic N) is 2. The van der Waals surface area contributed by atoms with Crippen LogP contribution in [0.4, 0.5) is 5.82 Å². The third-order valence-electron chi connectivity index (χ3n) is 3.65. The fourth-order valence-corrected chi connectivity index (χ4v) is 2.88. The van der Waals surface area contributed by atoms with Crippen molar-refractivity contribution in [2.45, 2.75) is 70.2 Å². The highest BCUT2D eigenvalue weighted by Crippen LogP contribution is 2.25. The van der Waals surface area contributed by atoms with E-state index in [1.807, 2.05) is 13.0 Å². The molecule has 0 spiro atoms. The third kappa shape index (κ3) is 4.07. The Hall–Kier alpha value is -0.830. The van der Waals surface area contributed by atoms with Gasteiger partial charge in [-0.05, 0) is 19.8 Å². The Morgan fingerprint density at radius 2 is 1.95 bits per heavy atom. The fourth-order valence-electron chi connectivity index (χ4n) is 2.54. The van der Waals surface area contributed by atoms with Crippen LogP contribution in [0.25, 0.3) is 0 Å². The van der Waals surface area contributed by atoms with Crippen LogP contribution in [-0.2, 0) is 0 Å². The molecule has 0 radical (unpaired) electrons. The van der Waals surface area contributed by atoms with Crippen LogP contribution in [0.1, 0.15) is 63.4 Å². The number of aryl methyl sites for hydroxylation is 1. The van der Waals surface area contributed by atoms with Crippen LogP contribution in [0.5, 0.6) is 0 Å². The number of hydrogen-bond donors (Lipinski definition) is 1. The fraction of sp³-hybridized carbons (Fsp3) is 0.733. The Bertz CT molecular complexity index is 420. The molecule has 106 valence electrons. The summed E-state index contributed by atoms with van der Waals surface area (Å²) in [6, 6.07) is 2.35. The molecule has 2 unspecified atom stereocenters. The first kappa shape index (κ1) is 14.6. The van der Waals surface area contributed by atoms with Crippen LogP contribution >= 0.6 is 11.6 Å². The summed E-state index contributed by atoms with van der Waals surface area (Å²) in [6.45, 7) is 6.26. The van der Waals surface area contributed by atoms with Crippen molar-refractivity contribution in [2.24, 2.45) is 0 Å². The van der Waals surface area contributed by atoms with Gasteiger partial charge in [0, 0.05) is 23.7 Å². The average Bonchev–Trinajstić information content (AvgIpc) is 2.54. The quantitative estimate of drug-likeness (QED) is 0.664. The summed E-state index contributed by atoms with van der Waals surface area (Å²) >= 11 is 6.47. The lowest BCUT2D eigenvalue weighted by Crippen LogP contribution is -2.29. The molecule has 4 heteroatoms. The van der Waals surface area contributed by atoms with Crippen LogP contribution in [0, 0.1) is 6.92 Å². The number of rotatable bonds is 3. The highest BCUT2D eigenvalue weighted by Gasteiger charge is 2.22. The molecule has 1 N–H and O–H groups in total. The molecule has 1 heterocycles. The second-order valence-corrected chi connectivity index (χ2v) is 6.37. The summed E-state index contributed by atoms with van der Waals surface area (Å²) in [5, 5.41) is 3.73. The molecule has 2 rings (SSSR count). The van der Waals surface area contributed by atoms with Gasteiger partial charge in [0.25, 0.3) is 0 Å². The van der Waals surface area contributed by atoms with E-state index in [0.717, 1.165) is 30.2 Å². The lowest BCUT2D eigenvalue weighted by atomic mass is 10.1. The SMILES string of the molecule is Cc1cc(NC2CCCCCC2Cl)nc(C(C)C)n1. The van der Waals surface area contributed by atoms with Gasteiger partial charge in [-0.3, -0.25) is 0 Å². The maximum Gasteiger partial charge on any atom is 0.133 e. The molecule has 1 aliphatic carbocycles. The molecule has 1 aromatic rings. The van der Waals surface area contributed by atoms with E-state index in [4.69, 9.17) is 11.6 Å². The first-order valence-corrected chi connectivity index (χ1v) is 7.76. The van der Waals surface area contributed by atoms with Crippen molar-refractivity contribution < 1.29 is 0 Å². The Morgan fingerprint density at radius 1 is 1.21 bits per heavy atom. The van der Waals surface area contributed by atoms with E-state index in [9.17, 15) is 0 Å². The van der Waals surface area contributed by atoms with Crippen molar-refractivity contribution >= 4 is 17.4 Å². The van der Waals surface area contributed by atoms with Gasteiger partial charge in [0.15, 0.2) is 0 Å². The van der Waals surface area contributed by atoms with E-state index in [0.29, 0.717) is 12.0 Å². The zero-order valence-corrected chi connectivity index (χ0v) is 12.9. The predicted molar refractivity (Wildman–Crippen MR) is 81.0 cm³/mol. The predicted octanol–water partition coefficient (Wildman–Crippen LogP) is 4.26. The van der Waals surface area contributed by atoms with Crippen LogP contribution < -0.4 is 5.32 Å². The number of alkyl halides is 1. The van der Waals surface area contributed by atoms with Gasteiger partial charge in [-0.1, -0.05) is 33.1 Å². The van der Waals surface area contributed by atoms with Gasteiger partial charge in [0.1, 0.15) is 11.6 Å². The first-order chi connectivity index (χ1) is 9.06. The lowest BCUT2D eigenvalue weighted by Gasteiger charge is -2.22. The molecular weight excluding hydrogens is 258 g/mol. The van der Waals surface area contributed by atoms with E-state index < -0.39 is 0 Å². The summed E-state index contributed by atoms with van der Waals surface area (Å²) < 4.78 is 0. The number of nitrogens with one attached hydrogen (secondary N) is 1. The van der Waals surface area contributed by atoms with Gasteiger partial charge in [-0.15, -0.1) is 11.6 Å². The molecule has 1 fully saturated rings. The highest BCUT2D eigenvalue weighted by molar-refractivity contribution is 6.21. The minimum absolute atomic E-state index is 0.209. The Morgan fingerprint density at radius 3 is 2.68 bits per heavy atom. The van der Waals surface area contributed by atoms with E-state index in [2.05, 4.69) is 29.1 Å². The van der Waals surface area contributed by atoms with E-state index >= 15 is 0 Å². The van der Waals surface area contributed by atoms with Crippen molar-refractivity contribution in [1.82, 2.24) is 9.97 Å². The maximum absolute atomic E-state index is 6.47. The number of aromatic nitrogens is 2. The van der Waals surface area contributed by atoms with Gasteiger partial charge < -0.3 is 5.32 Å². The van der Waals surface area contributed by atoms with Crippen LogP contribution in [0.2, 0.25) is 0 Å². The van der Waals surface area contributed by atoms with Crippen molar-refractivity contribution in [3.05, 3.63) is 17.6 Å².